The highest BCUT2D eigenvalue weighted by Crippen LogP contribution is 2.16. The van der Waals surface area contributed by atoms with E-state index >= 15 is 0 Å². The number of aromatic amines is 1. The van der Waals surface area contributed by atoms with Gasteiger partial charge in [-0.15, -0.1) is 0 Å². The Bertz CT molecular complexity index is 867. The van der Waals surface area contributed by atoms with Gasteiger partial charge in [-0.1, -0.05) is 12.1 Å². The summed E-state index contributed by atoms with van der Waals surface area (Å²) in [6.45, 7) is 3.25. The largest absolute Gasteiger partial charge is 0.484 e. The van der Waals surface area contributed by atoms with E-state index in [0.717, 1.165) is 11.0 Å². The molecule has 0 saturated heterocycles. The third-order valence-electron chi connectivity index (χ3n) is 3.83. The summed E-state index contributed by atoms with van der Waals surface area (Å²) >= 11 is 0. The molecule has 0 bridgehead atoms. The molecule has 0 aliphatic rings. The number of Topliss-reactive ketones (excluding diaryl/α,β-unsaturated/α-hetero) is 1. The number of H-pyrrole nitrogens is 1. The van der Waals surface area contributed by atoms with Crippen molar-refractivity contribution in [1.29, 1.82) is 0 Å². The normalized spacial score (nSPS) is 11.9. The number of nitrogens with zero attached hydrogens (tertiary/aromatic N) is 1. The molecule has 1 aromatic heterocycles. The number of ketones is 1. The predicted molar refractivity (Wildman–Crippen MR) is 94.6 cm³/mol. The van der Waals surface area contributed by atoms with Gasteiger partial charge in [-0.2, -0.15) is 0 Å². The maximum absolute atomic E-state index is 12.1. The number of benzene rings is 2. The average Bonchev–Trinajstić information content (AvgIpc) is 3.04. The van der Waals surface area contributed by atoms with Crippen LogP contribution in [0.25, 0.3) is 11.0 Å². The number of carbonyl (C=O) groups is 2. The van der Waals surface area contributed by atoms with Crippen molar-refractivity contribution in [2.45, 2.75) is 19.9 Å². The maximum atomic E-state index is 12.1. The Morgan fingerprint density at radius 1 is 1.16 bits per heavy atom. The molecule has 0 saturated carbocycles. The molecule has 25 heavy (non-hydrogen) atoms. The monoisotopic (exact) mass is 337 g/mol. The van der Waals surface area contributed by atoms with Gasteiger partial charge in [0, 0.05) is 5.56 Å². The molecular formula is C19H19N3O3. The highest BCUT2D eigenvalue weighted by atomic mass is 16.5. The van der Waals surface area contributed by atoms with E-state index in [0.29, 0.717) is 17.1 Å². The van der Waals surface area contributed by atoms with Crippen molar-refractivity contribution in [3.05, 3.63) is 59.9 Å². The summed E-state index contributed by atoms with van der Waals surface area (Å²) in [5.41, 5.74) is 2.40. The van der Waals surface area contributed by atoms with Crippen LogP contribution in [0.5, 0.6) is 5.75 Å². The van der Waals surface area contributed by atoms with Crippen LogP contribution >= 0.6 is 0 Å². The number of amides is 1. The minimum atomic E-state index is -0.261. The summed E-state index contributed by atoms with van der Waals surface area (Å²) in [7, 11) is 0. The second-order valence-corrected chi connectivity index (χ2v) is 5.80. The average molecular weight is 337 g/mol. The fourth-order valence-corrected chi connectivity index (χ4v) is 2.46. The minimum Gasteiger partial charge on any atom is -0.484 e. The second kappa shape index (κ2) is 7.17. The summed E-state index contributed by atoms with van der Waals surface area (Å²) in [6, 6.07) is 14.1. The molecule has 1 unspecified atom stereocenters. The van der Waals surface area contributed by atoms with Crippen LogP contribution in [-0.4, -0.2) is 28.3 Å². The van der Waals surface area contributed by atoms with E-state index < -0.39 is 0 Å². The van der Waals surface area contributed by atoms with Crippen molar-refractivity contribution in [3.63, 3.8) is 0 Å². The molecule has 6 heteroatoms. The lowest BCUT2D eigenvalue weighted by Crippen LogP contribution is -2.31. The van der Waals surface area contributed by atoms with Gasteiger partial charge in [-0.05, 0) is 50.2 Å². The van der Waals surface area contributed by atoms with Gasteiger partial charge < -0.3 is 15.0 Å². The van der Waals surface area contributed by atoms with Crippen LogP contribution in [0.2, 0.25) is 0 Å². The third kappa shape index (κ3) is 4.03. The number of hydrogen-bond donors (Lipinski definition) is 2. The molecule has 0 aliphatic heterocycles. The Morgan fingerprint density at radius 2 is 1.88 bits per heavy atom. The topological polar surface area (TPSA) is 84.1 Å². The number of nitrogens with one attached hydrogen (secondary N) is 2. The number of carbonyl (C=O) groups excluding carboxylic acids is 2. The minimum absolute atomic E-state index is 0.0102. The first-order valence-corrected chi connectivity index (χ1v) is 8.01. The molecule has 128 valence electrons. The number of imidazole rings is 1. The Kier molecular flexibility index (Phi) is 4.79. The fraction of sp³-hybridized carbons (Fsp3) is 0.211. The van der Waals surface area contributed by atoms with Gasteiger partial charge in [-0.3, -0.25) is 9.59 Å². The first-order valence-electron chi connectivity index (χ1n) is 8.01. The summed E-state index contributed by atoms with van der Waals surface area (Å²) in [5.74, 6) is 0.976. The third-order valence-corrected chi connectivity index (χ3v) is 3.83. The number of ether oxygens (including phenoxy) is 1. The molecule has 3 aromatic rings. The summed E-state index contributed by atoms with van der Waals surface area (Å²) in [6.07, 6.45) is 0. The van der Waals surface area contributed by atoms with Crippen LogP contribution in [0, 0.1) is 0 Å². The predicted octanol–water partition coefficient (Wildman–Crippen LogP) is 3.02. The number of fused-ring (bicyclic) bond motifs is 1. The lowest BCUT2D eigenvalue weighted by atomic mass is 10.1. The van der Waals surface area contributed by atoms with Crippen LogP contribution in [-0.2, 0) is 4.79 Å². The quantitative estimate of drug-likeness (QED) is 0.677. The Morgan fingerprint density at radius 3 is 2.56 bits per heavy atom. The van der Waals surface area contributed by atoms with E-state index in [9.17, 15) is 9.59 Å². The lowest BCUT2D eigenvalue weighted by molar-refractivity contribution is -0.123. The number of hydrogen-bond acceptors (Lipinski definition) is 4. The van der Waals surface area contributed by atoms with Gasteiger partial charge in [-0.25, -0.2) is 4.98 Å². The first-order chi connectivity index (χ1) is 12.0. The van der Waals surface area contributed by atoms with E-state index in [2.05, 4.69) is 15.3 Å². The maximum Gasteiger partial charge on any atom is 0.258 e. The van der Waals surface area contributed by atoms with Crippen LogP contribution in [0.3, 0.4) is 0 Å². The molecule has 0 spiro atoms. The Hall–Kier alpha value is -3.15. The fourth-order valence-electron chi connectivity index (χ4n) is 2.46. The van der Waals surface area contributed by atoms with Gasteiger partial charge in [0.2, 0.25) is 0 Å². The SMILES string of the molecule is CC(=O)c1ccc(OCC(=O)NC(C)c2nc3ccccc3[nH]2)cc1. The molecule has 1 heterocycles. The molecule has 0 fully saturated rings. The molecule has 1 amide bonds. The molecular weight excluding hydrogens is 318 g/mol. The van der Waals surface area contributed by atoms with Crippen molar-refractivity contribution in [2.24, 2.45) is 0 Å². The van der Waals surface area contributed by atoms with E-state index in [1.165, 1.54) is 6.92 Å². The van der Waals surface area contributed by atoms with Gasteiger partial charge in [0.25, 0.3) is 5.91 Å². The molecule has 0 radical (unpaired) electrons. The molecule has 6 nitrogen and oxygen atoms in total. The smallest absolute Gasteiger partial charge is 0.258 e. The zero-order valence-corrected chi connectivity index (χ0v) is 14.1. The second-order valence-electron chi connectivity index (χ2n) is 5.80. The van der Waals surface area contributed by atoms with Gasteiger partial charge in [0.1, 0.15) is 11.6 Å². The molecule has 2 aromatic carbocycles. The molecule has 1 atom stereocenters. The number of para-hydroxylation sites is 2. The summed E-state index contributed by atoms with van der Waals surface area (Å²) < 4.78 is 5.44. The van der Waals surface area contributed by atoms with Crippen LogP contribution < -0.4 is 10.1 Å². The van der Waals surface area contributed by atoms with Crippen molar-refractivity contribution in [1.82, 2.24) is 15.3 Å². The van der Waals surface area contributed by atoms with Gasteiger partial charge in [0.05, 0.1) is 17.1 Å². The van der Waals surface area contributed by atoms with Crippen molar-refractivity contribution >= 4 is 22.7 Å². The Labute approximate surface area is 145 Å². The van der Waals surface area contributed by atoms with E-state index in [-0.39, 0.29) is 24.3 Å². The Balaban J connectivity index is 1.55. The molecule has 2 N–H and O–H groups in total. The van der Waals surface area contributed by atoms with Crippen molar-refractivity contribution in [2.75, 3.05) is 6.61 Å². The number of rotatable bonds is 6. The van der Waals surface area contributed by atoms with Crippen molar-refractivity contribution in [3.8, 4) is 5.75 Å². The summed E-state index contributed by atoms with van der Waals surface area (Å²) in [5, 5.41) is 2.85. The summed E-state index contributed by atoms with van der Waals surface area (Å²) in [4.78, 5) is 30.9. The van der Waals surface area contributed by atoms with E-state index in [1.54, 1.807) is 24.3 Å². The highest BCUT2D eigenvalue weighted by Gasteiger charge is 2.14. The van der Waals surface area contributed by atoms with E-state index in [1.807, 2.05) is 31.2 Å². The molecule has 3 rings (SSSR count). The standard InChI is InChI=1S/C19H19N3O3/c1-12(19-21-16-5-3-4-6-17(16)22-19)20-18(24)11-25-15-9-7-14(8-10-15)13(2)23/h3-10,12H,11H2,1-2H3,(H,20,24)(H,21,22). The van der Waals surface area contributed by atoms with Crippen LogP contribution in [0.15, 0.2) is 48.5 Å². The van der Waals surface area contributed by atoms with Gasteiger partial charge >= 0.3 is 0 Å². The highest BCUT2D eigenvalue weighted by molar-refractivity contribution is 5.94. The first kappa shape index (κ1) is 16.7. The zero-order valence-electron chi connectivity index (χ0n) is 14.1. The lowest BCUT2D eigenvalue weighted by Gasteiger charge is -2.12. The van der Waals surface area contributed by atoms with E-state index in [4.69, 9.17) is 4.74 Å². The number of aromatic nitrogens is 2. The zero-order chi connectivity index (χ0) is 17.8. The van der Waals surface area contributed by atoms with Crippen molar-refractivity contribution < 1.29 is 14.3 Å². The molecule has 0 aliphatic carbocycles. The van der Waals surface area contributed by atoms with Crippen LogP contribution in [0.1, 0.15) is 36.1 Å². The van der Waals surface area contributed by atoms with Gasteiger partial charge in [0.15, 0.2) is 12.4 Å². The van der Waals surface area contributed by atoms with Crippen LogP contribution in [0.4, 0.5) is 0 Å².